The van der Waals surface area contributed by atoms with Gasteiger partial charge in [-0.3, -0.25) is 9.69 Å². The number of benzene rings is 2. The quantitative estimate of drug-likeness (QED) is 0.128. The van der Waals surface area contributed by atoms with E-state index in [2.05, 4.69) is 81.3 Å². The molecule has 3 fully saturated rings. The summed E-state index contributed by atoms with van der Waals surface area (Å²) in [6, 6.07) is 13.3. The third-order valence-corrected chi connectivity index (χ3v) is 12.2. The molecule has 0 aliphatic heterocycles. The van der Waals surface area contributed by atoms with E-state index in [0.717, 1.165) is 36.1 Å². The number of rotatable bonds is 20. The lowest BCUT2D eigenvalue weighted by atomic mass is 9.45. The lowest BCUT2D eigenvalue weighted by Gasteiger charge is -2.62. The zero-order valence-corrected chi connectivity index (χ0v) is 33.4. The zero-order valence-electron chi connectivity index (χ0n) is 33.4. The second-order valence-electron chi connectivity index (χ2n) is 16.9. The van der Waals surface area contributed by atoms with E-state index in [1.807, 2.05) is 18.2 Å². The van der Waals surface area contributed by atoms with E-state index in [9.17, 15) is 20.1 Å². The Morgan fingerprint density at radius 2 is 1.73 bits per heavy atom. The van der Waals surface area contributed by atoms with Gasteiger partial charge in [-0.05, 0) is 92.6 Å². The summed E-state index contributed by atoms with van der Waals surface area (Å²) in [5, 5.41) is 39.0. The molecule has 292 valence electrons. The predicted octanol–water partition coefficient (Wildman–Crippen LogP) is 5.03. The Labute approximate surface area is 313 Å². The number of nitrogens with zero attached hydrogens (tertiary/aromatic N) is 2. The fraction of sp³-hybridized carbons (Fsp3) is 0.690. The van der Waals surface area contributed by atoms with Gasteiger partial charge >= 0.3 is 0 Å². The van der Waals surface area contributed by atoms with Crippen LogP contribution in [0.15, 0.2) is 42.5 Å². The average molecular weight is 725 g/mol. The molecule has 0 aromatic heterocycles. The van der Waals surface area contributed by atoms with Crippen molar-refractivity contribution in [3.8, 4) is 11.5 Å². The molecule has 5 N–H and O–H groups in total. The minimum absolute atomic E-state index is 0.0660. The van der Waals surface area contributed by atoms with Gasteiger partial charge in [-0.2, -0.15) is 0 Å². The molecular formula is C42H68N4O6. The Balaban J connectivity index is 1.58. The molecule has 0 radical (unpaired) electrons. The summed E-state index contributed by atoms with van der Waals surface area (Å²) >= 11 is 0. The molecule has 0 heterocycles. The fourth-order valence-corrected chi connectivity index (χ4v) is 9.20. The summed E-state index contributed by atoms with van der Waals surface area (Å²) in [6.45, 7) is 15.2. The number of fused-ring (bicyclic) bond motifs is 2. The highest BCUT2D eigenvalue weighted by Crippen LogP contribution is 2.61. The van der Waals surface area contributed by atoms with Gasteiger partial charge in [0.05, 0.1) is 32.0 Å². The topological polar surface area (TPSA) is 127 Å². The summed E-state index contributed by atoms with van der Waals surface area (Å²) in [4.78, 5) is 18.8. The van der Waals surface area contributed by atoms with Gasteiger partial charge in [-0.15, -0.1) is 0 Å². The minimum Gasteiger partial charge on any atom is -0.507 e. The second kappa shape index (κ2) is 18.5. The van der Waals surface area contributed by atoms with Gasteiger partial charge in [0.15, 0.2) is 0 Å². The predicted molar refractivity (Wildman–Crippen MR) is 207 cm³/mol. The highest BCUT2D eigenvalue weighted by Gasteiger charge is 2.56. The summed E-state index contributed by atoms with van der Waals surface area (Å²) in [7, 11) is 7.32. The van der Waals surface area contributed by atoms with E-state index in [1.165, 1.54) is 13.5 Å². The van der Waals surface area contributed by atoms with Gasteiger partial charge in [-0.25, -0.2) is 0 Å². The van der Waals surface area contributed by atoms with Gasteiger partial charge in [0.1, 0.15) is 11.5 Å². The minimum atomic E-state index is -0.905. The largest absolute Gasteiger partial charge is 0.507 e. The van der Waals surface area contributed by atoms with Gasteiger partial charge in [0.25, 0.3) is 0 Å². The molecule has 10 heteroatoms. The maximum Gasteiger partial charge on any atom is 0.237 e. The summed E-state index contributed by atoms with van der Waals surface area (Å²) in [6.07, 6.45) is 1.53. The molecule has 0 spiro atoms. The summed E-state index contributed by atoms with van der Waals surface area (Å²) < 4.78 is 11.3. The van der Waals surface area contributed by atoms with E-state index < -0.39 is 24.2 Å². The van der Waals surface area contributed by atoms with Gasteiger partial charge in [0, 0.05) is 56.9 Å². The highest BCUT2D eigenvalue weighted by atomic mass is 16.5. The van der Waals surface area contributed by atoms with Crippen LogP contribution in [0.2, 0.25) is 0 Å². The highest BCUT2D eigenvalue weighted by molar-refractivity contribution is 5.82. The fourth-order valence-electron chi connectivity index (χ4n) is 9.20. The van der Waals surface area contributed by atoms with Crippen LogP contribution in [0.25, 0.3) is 0 Å². The molecule has 10 nitrogen and oxygen atoms in total. The van der Waals surface area contributed by atoms with Gasteiger partial charge < -0.3 is 40.3 Å². The van der Waals surface area contributed by atoms with Crippen LogP contribution in [-0.4, -0.2) is 103 Å². The average Bonchev–Trinajstić information content (AvgIpc) is 3.08. The standard InChI is InChI=1S/C42H68N4O6/c1-26(2)17-32(23-45(7)8)46(24-33-36(49)15-12-16-37(33)51-9)22-30-14-11-13-29(18-30)21-43-40(39(28(4)48)38(25-47)52-10)41(50)44-35-20-31-19-34(27(35)3)42(31,5)6/h11-16,18,26-28,31-32,34-35,38-40,43,47-49H,17,19-25H2,1-10H3,(H,44,50)/t27?,28-,31+,32-,34-,35-,38-,39+,40-/m0/s1. The Hall–Kier alpha value is -2.73. The van der Waals surface area contributed by atoms with E-state index in [-0.39, 0.29) is 30.3 Å². The number of carbonyl (C=O) groups is 1. The third-order valence-electron chi connectivity index (χ3n) is 12.2. The summed E-state index contributed by atoms with van der Waals surface area (Å²) in [5.74, 6) is 2.03. The summed E-state index contributed by atoms with van der Waals surface area (Å²) in [5.41, 5.74) is 3.17. The van der Waals surface area contributed by atoms with Crippen molar-refractivity contribution in [3.05, 3.63) is 59.2 Å². The van der Waals surface area contributed by atoms with Crippen LogP contribution in [0.3, 0.4) is 0 Å². The van der Waals surface area contributed by atoms with E-state index in [4.69, 9.17) is 9.47 Å². The molecule has 3 aliphatic rings. The molecule has 3 aliphatic carbocycles. The number of aromatic hydroxyl groups is 1. The maximum atomic E-state index is 14.2. The lowest BCUT2D eigenvalue weighted by Crippen LogP contribution is -2.63. The van der Waals surface area contributed by atoms with E-state index in [0.29, 0.717) is 54.5 Å². The number of likely N-dealkylation sites (N-methyl/N-ethyl adjacent to an activating group) is 1. The molecule has 2 aromatic rings. The Morgan fingerprint density at radius 3 is 2.31 bits per heavy atom. The van der Waals surface area contributed by atoms with Crippen LogP contribution in [0, 0.1) is 35.0 Å². The molecule has 52 heavy (non-hydrogen) atoms. The number of carbonyl (C=O) groups excluding carboxylic acids is 1. The van der Waals surface area contributed by atoms with E-state index in [1.54, 1.807) is 26.2 Å². The molecule has 2 aromatic carbocycles. The number of amides is 1. The number of phenols is 1. The van der Waals surface area contributed by atoms with Crippen LogP contribution in [0.4, 0.5) is 0 Å². The number of ether oxygens (including phenoxy) is 2. The van der Waals surface area contributed by atoms with Crippen molar-refractivity contribution in [1.29, 1.82) is 0 Å². The second-order valence-corrected chi connectivity index (χ2v) is 16.9. The Morgan fingerprint density at radius 1 is 1.04 bits per heavy atom. The molecule has 3 saturated carbocycles. The molecule has 2 bridgehead atoms. The third kappa shape index (κ3) is 10.1. The molecule has 1 unspecified atom stereocenters. The monoisotopic (exact) mass is 725 g/mol. The maximum absolute atomic E-state index is 14.2. The lowest BCUT2D eigenvalue weighted by molar-refractivity contribution is -0.140. The zero-order chi connectivity index (χ0) is 38.3. The first-order valence-corrected chi connectivity index (χ1v) is 19.3. The first-order chi connectivity index (χ1) is 24.6. The van der Waals surface area contributed by atoms with Crippen molar-refractivity contribution >= 4 is 5.91 Å². The number of phenolic OH excluding ortho intramolecular Hbond substituents is 1. The number of hydrogen-bond acceptors (Lipinski definition) is 9. The molecule has 0 saturated heterocycles. The smallest absolute Gasteiger partial charge is 0.237 e. The van der Waals surface area contributed by atoms with Crippen LogP contribution in [-0.2, 0) is 29.2 Å². The number of nitrogens with one attached hydrogen (secondary N) is 2. The van der Waals surface area contributed by atoms with Crippen molar-refractivity contribution in [1.82, 2.24) is 20.4 Å². The first-order valence-electron chi connectivity index (χ1n) is 19.3. The van der Waals surface area contributed by atoms with Crippen LogP contribution in [0.1, 0.15) is 77.5 Å². The number of methoxy groups -OCH3 is 2. The van der Waals surface area contributed by atoms with E-state index >= 15 is 0 Å². The number of aliphatic hydroxyl groups is 2. The van der Waals surface area contributed by atoms with Crippen molar-refractivity contribution in [2.75, 3.05) is 41.5 Å². The van der Waals surface area contributed by atoms with Crippen molar-refractivity contribution in [2.45, 2.75) is 111 Å². The Kier molecular flexibility index (Phi) is 15.0. The van der Waals surface area contributed by atoms with Gasteiger partial charge in [-0.1, -0.05) is 65.0 Å². The number of hydrogen-bond donors (Lipinski definition) is 5. The molecular weight excluding hydrogens is 656 g/mol. The Bertz CT molecular complexity index is 1420. The van der Waals surface area contributed by atoms with Crippen LogP contribution in [0.5, 0.6) is 11.5 Å². The van der Waals surface area contributed by atoms with Gasteiger partial charge in [0.2, 0.25) is 5.91 Å². The number of aliphatic hydroxyl groups excluding tert-OH is 2. The van der Waals surface area contributed by atoms with Crippen LogP contribution >= 0.6 is 0 Å². The molecule has 5 rings (SSSR count). The SMILES string of the molecule is COc1cccc(O)c1CN(Cc1cccc(CN[C@H](C(=O)N[C@H]2C[C@H]3C[C@@H](C2C)C3(C)C)[C@H]([C@H](C)O)[C@H](CO)OC)c1)[C@@H](CC(C)C)CN(C)C. The van der Waals surface area contributed by atoms with Crippen molar-refractivity contribution in [2.24, 2.45) is 35.0 Å². The van der Waals surface area contributed by atoms with Crippen molar-refractivity contribution in [3.63, 3.8) is 0 Å². The normalized spacial score (nSPS) is 23.9. The molecule has 1 amide bonds. The van der Waals surface area contributed by atoms with Crippen molar-refractivity contribution < 1.29 is 29.6 Å². The first kappa shape index (κ1) is 42.0. The van der Waals surface area contributed by atoms with Crippen LogP contribution < -0.4 is 15.4 Å². The molecule has 9 atom stereocenters.